The molecule has 19 heavy (non-hydrogen) atoms. The molecule has 0 bridgehead atoms. The van der Waals surface area contributed by atoms with Crippen LogP contribution < -0.4 is 5.32 Å². The second-order valence-electron chi connectivity index (χ2n) is 6.53. The first kappa shape index (κ1) is 16.9. The van der Waals surface area contributed by atoms with Crippen LogP contribution in [0, 0.1) is 11.8 Å². The summed E-state index contributed by atoms with van der Waals surface area (Å²) < 4.78 is 5.92. The Balaban J connectivity index is 2.35. The number of rotatable bonds is 9. The zero-order valence-electron chi connectivity index (χ0n) is 13.2. The molecule has 1 aliphatic carbocycles. The standard InChI is InChI=1S/C16H33NO2/c1-5-17-16(12-18)9-6-7-15(16)8-10-19-14(4)11-13(2)3/h13-15,17-18H,5-12H2,1-4H3. The van der Waals surface area contributed by atoms with Crippen LogP contribution in [0.25, 0.3) is 0 Å². The summed E-state index contributed by atoms with van der Waals surface area (Å²) in [6.07, 6.45) is 6.08. The van der Waals surface area contributed by atoms with E-state index in [9.17, 15) is 5.11 Å². The minimum absolute atomic E-state index is 0.0423. The Morgan fingerprint density at radius 3 is 2.68 bits per heavy atom. The molecular formula is C16H33NO2. The summed E-state index contributed by atoms with van der Waals surface area (Å²) in [5.41, 5.74) is -0.0423. The van der Waals surface area contributed by atoms with E-state index in [0.717, 1.165) is 32.4 Å². The van der Waals surface area contributed by atoms with Gasteiger partial charge in [-0.1, -0.05) is 27.2 Å². The highest BCUT2D eigenvalue weighted by atomic mass is 16.5. The molecule has 1 rings (SSSR count). The maximum Gasteiger partial charge on any atom is 0.0616 e. The molecule has 0 aliphatic heterocycles. The average molecular weight is 271 g/mol. The highest BCUT2D eigenvalue weighted by Gasteiger charge is 2.41. The largest absolute Gasteiger partial charge is 0.394 e. The maximum atomic E-state index is 9.74. The summed E-state index contributed by atoms with van der Waals surface area (Å²) in [7, 11) is 0. The minimum atomic E-state index is -0.0423. The van der Waals surface area contributed by atoms with Crippen LogP contribution in [0.3, 0.4) is 0 Å². The van der Waals surface area contributed by atoms with Crippen molar-refractivity contribution in [3.05, 3.63) is 0 Å². The highest BCUT2D eigenvalue weighted by molar-refractivity contribution is 4.98. The zero-order chi connectivity index (χ0) is 14.3. The van der Waals surface area contributed by atoms with Crippen molar-refractivity contribution < 1.29 is 9.84 Å². The van der Waals surface area contributed by atoms with Crippen molar-refractivity contribution in [1.29, 1.82) is 0 Å². The lowest BCUT2D eigenvalue weighted by Gasteiger charge is -2.35. The van der Waals surface area contributed by atoms with Crippen molar-refractivity contribution in [2.75, 3.05) is 19.8 Å². The van der Waals surface area contributed by atoms with Gasteiger partial charge in [0.15, 0.2) is 0 Å². The molecule has 1 saturated carbocycles. The molecule has 3 unspecified atom stereocenters. The Morgan fingerprint density at radius 2 is 2.11 bits per heavy atom. The van der Waals surface area contributed by atoms with Gasteiger partial charge in [0.25, 0.3) is 0 Å². The zero-order valence-corrected chi connectivity index (χ0v) is 13.2. The lowest BCUT2D eigenvalue weighted by molar-refractivity contribution is 0.0305. The number of hydrogen-bond acceptors (Lipinski definition) is 3. The Kier molecular flexibility index (Phi) is 7.33. The second kappa shape index (κ2) is 8.23. The Hall–Kier alpha value is -0.120. The molecule has 0 amide bonds. The monoisotopic (exact) mass is 271 g/mol. The minimum Gasteiger partial charge on any atom is -0.394 e. The first-order valence-corrected chi connectivity index (χ1v) is 8.01. The fourth-order valence-corrected chi connectivity index (χ4v) is 3.56. The topological polar surface area (TPSA) is 41.5 Å². The van der Waals surface area contributed by atoms with Crippen LogP contribution in [-0.4, -0.2) is 36.5 Å². The summed E-state index contributed by atoms with van der Waals surface area (Å²) in [6.45, 7) is 10.8. The predicted octanol–water partition coefficient (Wildman–Crippen LogP) is 2.97. The fourth-order valence-electron chi connectivity index (χ4n) is 3.56. The van der Waals surface area contributed by atoms with E-state index < -0.39 is 0 Å². The number of hydrogen-bond donors (Lipinski definition) is 2. The van der Waals surface area contributed by atoms with E-state index in [4.69, 9.17) is 4.74 Å². The molecule has 0 aromatic carbocycles. The van der Waals surface area contributed by atoms with E-state index in [-0.39, 0.29) is 12.1 Å². The van der Waals surface area contributed by atoms with E-state index in [1.54, 1.807) is 0 Å². The molecule has 0 spiro atoms. The van der Waals surface area contributed by atoms with Crippen molar-refractivity contribution in [1.82, 2.24) is 5.32 Å². The molecule has 2 N–H and O–H groups in total. The number of likely N-dealkylation sites (N-methyl/N-ethyl adjacent to an activating group) is 1. The van der Waals surface area contributed by atoms with Crippen LogP contribution in [0.1, 0.15) is 59.8 Å². The number of aliphatic hydroxyl groups is 1. The van der Waals surface area contributed by atoms with Crippen LogP contribution in [0.5, 0.6) is 0 Å². The molecular weight excluding hydrogens is 238 g/mol. The van der Waals surface area contributed by atoms with Gasteiger partial charge in [-0.15, -0.1) is 0 Å². The summed E-state index contributed by atoms with van der Waals surface area (Å²) >= 11 is 0. The summed E-state index contributed by atoms with van der Waals surface area (Å²) in [5.74, 6) is 1.25. The van der Waals surface area contributed by atoms with Crippen molar-refractivity contribution in [3.63, 3.8) is 0 Å². The van der Waals surface area contributed by atoms with Crippen LogP contribution in [0.4, 0.5) is 0 Å². The van der Waals surface area contributed by atoms with Gasteiger partial charge >= 0.3 is 0 Å². The molecule has 0 radical (unpaired) electrons. The van der Waals surface area contributed by atoms with Crippen molar-refractivity contribution >= 4 is 0 Å². The lowest BCUT2D eigenvalue weighted by Crippen LogP contribution is -2.51. The molecule has 3 heteroatoms. The normalized spacial score (nSPS) is 29.1. The average Bonchev–Trinajstić information content (AvgIpc) is 2.72. The SMILES string of the molecule is CCNC1(CO)CCCC1CCOC(C)CC(C)C. The third-order valence-electron chi connectivity index (χ3n) is 4.44. The highest BCUT2D eigenvalue weighted by Crippen LogP contribution is 2.37. The maximum absolute atomic E-state index is 9.74. The molecule has 0 heterocycles. The first-order chi connectivity index (χ1) is 9.04. The number of aliphatic hydroxyl groups excluding tert-OH is 1. The third kappa shape index (κ3) is 5.05. The number of ether oxygens (including phenoxy) is 1. The van der Waals surface area contributed by atoms with E-state index in [2.05, 4.69) is 33.0 Å². The van der Waals surface area contributed by atoms with E-state index in [1.807, 2.05) is 0 Å². The second-order valence-corrected chi connectivity index (χ2v) is 6.53. The van der Waals surface area contributed by atoms with Crippen LogP contribution >= 0.6 is 0 Å². The lowest BCUT2D eigenvalue weighted by atomic mass is 9.85. The van der Waals surface area contributed by atoms with E-state index in [1.165, 1.54) is 12.8 Å². The fraction of sp³-hybridized carbons (Fsp3) is 1.00. The molecule has 3 atom stereocenters. The quantitative estimate of drug-likeness (QED) is 0.677. The van der Waals surface area contributed by atoms with Crippen molar-refractivity contribution in [3.8, 4) is 0 Å². The smallest absolute Gasteiger partial charge is 0.0616 e. The number of nitrogens with one attached hydrogen (secondary N) is 1. The molecule has 1 fully saturated rings. The Bertz CT molecular complexity index is 245. The summed E-state index contributed by atoms with van der Waals surface area (Å²) in [4.78, 5) is 0. The summed E-state index contributed by atoms with van der Waals surface area (Å²) in [5, 5.41) is 13.3. The van der Waals surface area contributed by atoms with Gasteiger partial charge in [0.1, 0.15) is 0 Å². The van der Waals surface area contributed by atoms with Crippen molar-refractivity contribution in [2.24, 2.45) is 11.8 Å². The molecule has 1 aliphatic rings. The molecule has 0 aromatic heterocycles. The van der Waals surface area contributed by atoms with Crippen LogP contribution in [0.2, 0.25) is 0 Å². The summed E-state index contributed by atoms with van der Waals surface area (Å²) in [6, 6.07) is 0. The van der Waals surface area contributed by atoms with Gasteiger partial charge in [-0.25, -0.2) is 0 Å². The van der Waals surface area contributed by atoms with E-state index in [0.29, 0.717) is 17.9 Å². The third-order valence-corrected chi connectivity index (χ3v) is 4.44. The van der Waals surface area contributed by atoms with Gasteiger partial charge < -0.3 is 15.2 Å². The Labute approximate surface area is 119 Å². The van der Waals surface area contributed by atoms with E-state index >= 15 is 0 Å². The van der Waals surface area contributed by atoms with Crippen molar-refractivity contribution in [2.45, 2.75) is 71.4 Å². The van der Waals surface area contributed by atoms with Gasteiger partial charge in [0, 0.05) is 12.1 Å². The van der Waals surface area contributed by atoms with Gasteiger partial charge in [-0.05, 0) is 51.0 Å². The predicted molar refractivity (Wildman–Crippen MR) is 80.3 cm³/mol. The molecule has 0 aromatic rings. The molecule has 3 nitrogen and oxygen atoms in total. The molecule has 0 saturated heterocycles. The van der Waals surface area contributed by atoms with Gasteiger partial charge in [-0.2, -0.15) is 0 Å². The van der Waals surface area contributed by atoms with Gasteiger partial charge in [0.05, 0.1) is 12.7 Å². The van der Waals surface area contributed by atoms with Gasteiger partial charge in [0.2, 0.25) is 0 Å². The van der Waals surface area contributed by atoms with Crippen LogP contribution in [-0.2, 0) is 4.74 Å². The van der Waals surface area contributed by atoms with Crippen LogP contribution in [0.15, 0.2) is 0 Å². The Morgan fingerprint density at radius 1 is 1.37 bits per heavy atom. The van der Waals surface area contributed by atoms with Gasteiger partial charge in [-0.3, -0.25) is 0 Å². The molecule has 114 valence electrons. The first-order valence-electron chi connectivity index (χ1n) is 8.01.